The van der Waals surface area contributed by atoms with Gasteiger partial charge in [0, 0.05) is 13.5 Å². The summed E-state index contributed by atoms with van der Waals surface area (Å²) in [6, 6.07) is 0. The third-order valence-corrected chi connectivity index (χ3v) is 8.98. The van der Waals surface area contributed by atoms with Crippen molar-refractivity contribution in [3.05, 3.63) is 35.5 Å². The Kier molecular flexibility index (Phi) is 7.92. The van der Waals surface area contributed by atoms with Gasteiger partial charge in [-0.05, 0) is 93.1 Å². The Morgan fingerprint density at radius 2 is 2.00 bits per heavy atom. The number of fused-ring (bicyclic) bond motifs is 1. The molecule has 3 aliphatic rings. The summed E-state index contributed by atoms with van der Waals surface area (Å²) in [5.74, 6) is 2.23. The molecule has 0 amide bonds. The Morgan fingerprint density at radius 3 is 2.71 bits per heavy atom. The highest BCUT2D eigenvalue weighted by Crippen LogP contribution is 2.60. The number of rotatable bonds is 7. The minimum Gasteiger partial charge on any atom is -0.393 e. The summed E-state index contributed by atoms with van der Waals surface area (Å²) in [5, 5.41) is 20.2. The van der Waals surface area contributed by atoms with E-state index in [2.05, 4.69) is 46.4 Å². The van der Waals surface area contributed by atoms with Gasteiger partial charge in [-0.3, -0.25) is 0 Å². The van der Waals surface area contributed by atoms with Crippen molar-refractivity contribution in [2.24, 2.45) is 23.2 Å². The fourth-order valence-electron chi connectivity index (χ4n) is 6.83. The van der Waals surface area contributed by atoms with E-state index in [0.717, 1.165) is 29.4 Å². The molecule has 0 aromatic carbocycles. The molecule has 0 saturated heterocycles. The maximum atomic E-state index is 10.2. The van der Waals surface area contributed by atoms with Gasteiger partial charge in [-0.2, -0.15) is 0 Å². The van der Waals surface area contributed by atoms with Gasteiger partial charge in [0.05, 0.1) is 17.8 Å². The van der Waals surface area contributed by atoms with E-state index in [9.17, 15) is 10.2 Å². The first-order chi connectivity index (χ1) is 14.6. The number of hydrogen-bond donors (Lipinski definition) is 2. The second kappa shape index (κ2) is 9.93. The third kappa shape index (κ3) is 5.54. The molecular formula is C28H46O3. The lowest BCUT2D eigenvalue weighted by molar-refractivity contribution is 0.0108. The van der Waals surface area contributed by atoms with Crippen LogP contribution < -0.4 is 0 Å². The van der Waals surface area contributed by atoms with Crippen molar-refractivity contribution in [3.63, 3.8) is 0 Å². The molecule has 3 aliphatic carbocycles. The first-order valence-corrected chi connectivity index (χ1v) is 12.6. The summed E-state index contributed by atoms with van der Waals surface area (Å²) >= 11 is 0. The van der Waals surface area contributed by atoms with Crippen LogP contribution in [0.2, 0.25) is 0 Å². The molecule has 0 spiro atoms. The average molecular weight is 431 g/mol. The van der Waals surface area contributed by atoms with Crippen LogP contribution in [0.4, 0.5) is 0 Å². The number of aliphatic hydroxyl groups is 2. The van der Waals surface area contributed by atoms with Crippen LogP contribution in [0.1, 0.15) is 91.9 Å². The zero-order valence-corrected chi connectivity index (χ0v) is 20.6. The molecular weight excluding hydrogens is 384 g/mol. The molecule has 0 aromatic rings. The van der Waals surface area contributed by atoms with E-state index < -0.39 is 12.2 Å². The highest BCUT2D eigenvalue weighted by molar-refractivity contribution is 5.38. The van der Waals surface area contributed by atoms with Gasteiger partial charge < -0.3 is 14.9 Å². The average Bonchev–Trinajstić information content (AvgIpc) is 3.07. The van der Waals surface area contributed by atoms with Crippen LogP contribution in [-0.2, 0) is 4.74 Å². The predicted octanol–water partition coefficient (Wildman–Crippen LogP) is 6.36. The maximum absolute atomic E-state index is 10.2. The Morgan fingerprint density at radius 1 is 1.26 bits per heavy atom. The molecule has 0 aromatic heterocycles. The van der Waals surface area contributed by atoms with E-state index in [-0.39, 0.29) is 5.60 Å². The van der Waals surface area contributed by atoms with Crippen molar-refractivity contribution in [1.29, 1.82) is 0 Å². The van der Waals surface area contributed by atoms with E-state index in [4.69, 9.17) is 4.74 Å². The highest BCUT2D eigenvalue weighted by atomic mass is 16.5. The minimum atomic E-state index is -0.607. The monoisotopic (exact) mass is 430 g/mol. The molecule has 3 saturated carbocycles. The van der Waals surface area contributed by atoms with Gasteiger partial charge in [0.1, 0.15) is 0 Å². The van der Waals surface area contributed by atoms with E-state index >= 15 is 0 Å². The second-order valence-corrected chi connectivity index (χ2v) is 11.5. The third-order valence-electron chi connectivity index (χ3n) is 8.98. The number of ether oxygens (including phenoxy) is 1. The highest BCUT2D eigenvalue weighted by Gasteiger charge is 2.50. The van der Waals surface area contributed by atoms with Crippen LogP contribution in [0.15, 0.2) is 35.5 Å². The minimum absolute atomic E-state index is 0.0135. The summed E-state index contributed by atoms with van der Waals surface area (Å²) in [6.45, 7) is 13.5. The molecule has 3 heteroatoms. The van der Waals surface area contributed by atoms with Crippen LogP contribution in [0.5, 0.6) is 0 Å². The molecule has 0 unspecified atom stereocenters. The molecule has 0 radical (unpaired) electrons. The van der Waals surface area contributed by atoms with E-state index in [0.29, 0.717) is 24.2 Å². The molecule has 3 rings (SSSR count). The first kappa shape index (κ1) is 24.7. The van der Waals surface area contributed by atoms with Gasteiger partial charge >= 0.3 is 0 Å². The number of aliphatic hydroxyl groups excluding tert-OH is 2. The molecule has 3 fully saturated rings. The van der Waals surface area contributed by atoms with Gasteiger partial charge in [-0.25, -0.2) is 0 Å². The summed E-state index contributed by atoms with van der Waals surface area (Å²) in [4.78, 5) is 0. The van der Waals surface area contributed by atoms with E-state index in [1.54, 1.807) is 5.57 Å². The van der Waals surface area contributed by atoms with Crippen molar-refractivity contribution in [3.8, 4) is 0 Å². The number of methoxy groups -OCH3 is 1. The molecule has 0 heterocycles. The van der Waals surface area contributed by atoms with Crippen molar-refractivity contribution in [2.45, 2.75) is 110 Å². The summed E-state index contributed by atoms with van der Waals surface area (Å²) < 4.78 is 5.61. The zero-order valence-electron chi connectivity index (χ0n) is 20.6. The molecule has 6 atom stereocenters. The standard InChI is InChI=1S/C28H46O3/c1-19(9-7-15-27(3,4)31-6)24-13-14-25-21(10-8-16-28(24,25)5)11-12-22-17-23(29)18-26(30)20(22)2/h11-12,19,23-26,29-30H,2,7-10,13-18H2,1,3-6H3/b21-11+,22-12+/t19-,23-,24-,25+,26+,28-/m1/s1. The first-order valence-electron chi connectivity index (χ1n) is 12.6. The number of hydrogen-bond acceptors (Lipinski definition) is 3. The molecule has 176 valence electrons. The van der Waals surface area contributed by atoms with Crippen molar-refractivity contribution in [2.75, 3.05) is 7.11 Å². The van der Waals surface area contributed by atoms with Gasteiger partial charge in [0.2, 0.25) is 0 Å². The topological polar surface area (TPSA) is 49.7 Å². The van der Waals surface area contributed by atoms with E-state index in [1.165, 1.54) is 44.9 Å². The Balaban J connectivity index is 1.68. The van der Waals surface area contributed by atoms with Crippen molar-refractivity contribution < 1.29 is 14.9 Å². The van der Waals surface area contributed by atoms with Crippen LogP contribution in [-0.4, -0.2) is 35.1 Å². The lowest BCUT2D eigenvalue weighted by Crippen LogP contribution is -2.36. The van der Waals surface area contributed by atoms with Crippen molar-refractivity contribution in [1.82, 2.24) is 0 Å². The van der Waals surface area contributed by atoms with Crippen LogP contribution in [0.25, 0.3) is 0 Å². The molecule has 3 nitrogen and oxygen atoms in total. The molecule has 0 bridgehead atoms. The van der Waals surface area contributed by atoms with Crippen LogP contribution >= 0.6 is 0 Å². The van der Waals surface area contributed by atoms with Crippen LogP contribution in [0.3, 0.4) is 0 Å². The lowest BCUT2D eigenvalue weighted by Gasteiger charge is -2.44. The Hall–Kier alpha value is -0.900. The van der Waals surface area contributed by atoms with Gasteiger partial charge in [-0.1, -0.05) is 51.0 Å². The summed E-state index contributed by atoms with van der Waals surface area (Å²) in [7, 11) is 1.82. The zero-order chi connectivity index (χ0) is 22.8. The summed E-state index contributed by atoms with van der Waals surface area (Å²) in [6.07, 6.45) is 14.5. The Bertz CT molecular complexity index is 703. The predicted molar refractivity (Wildman–Crippen MR) is 129 cm³/mol. The normalized spacial score (nSPS) is 38.0. The van der Waals surface area contributed by atoms with Crippen molar-refractivity contribution >= 4 is 0 Å². The smallest absolute Gasteiger partial charge is 0.0811 e. The second-order valence-electron chi connectivity index (χ2n) is 11.5. The largest absolute Gasteiger partial charge is 0.393 e. The Labute approximate surface area is 190 Å². The fraction of sp³-hybridized carbons (Fsp3) is 0.786. The lowest BCUT2D eigenvalue weighted by atomic mass is 9.60. The molecule has 0 aliphatic heterocycles. The van der Waals surface area contributed by atoms with E-state index in [1.807, 2.05) is 7.11 Å². The molecule has 31 heavy (non-hydrogen) atoms. The van der Waals surface area contributed by atoms with Gasteiger partial charge in [0.15, 0.2) is 0 Å². The number of allylic oxidation sites excluding steroid dienone is 3. The van der Waals surface area contributed by atoms with Gasteiger partial charge in [-0.15, -0.1) is 0 Å². The van der Waals surface area contributed by atoms with Gasteiger partial charge in [0.25, 0.3) is 0 Å². The summed E-state index contributed by atoms with van der Waals surface area (Å²) in [5.41, 5.74) is 3.79. The van der Waals surface area contributed by atoms with Crippen LogP contribution in [0, 0.1) is 23.2 Å². The molecule has 2 N–H and O–H groups in total. The SMILES string of the molecule is C=C1/C(=C/C=C2\CCC[C@]3(C)[C@@H]([C@H](C)CCCC(C)(C)OC)CC[C@@H]23)C[C@@H](O)C[C@@H]1O. The quantitative estimate of drug-likeness (QED) is 0.494. The fourth-order valence-corrected chi connectivity index (χ4v) is 6.83. The maximum Gasteiger partial charge on any atom is 0.0811 e.